The third-order valence-electron chi connectivity index (χ3n) is 2.68. The van der Waals surface area contributed by atoms with E-state index in [-0.39, 0.29) is 5.41 Å². The maximum atomic E-state index is 10.8. The van der Waals surface area contributed by atoms with Crippen molar-refractivity contribution >= 4 is 12.4 Å². The summed E-state index contributed by atoms with van der Waals surface area (Å²) in [4.78, 5) is 10.8. The van der Waals surface area contributed by atoms with Crippen LogP contribution >= 0.6 is 0 Å². The molecule has 0 spiro atoms. The van der Waals surface area contributed by atoms with Gasteiger partial charge in [-0.3, -0.25) is 0 Å². The predicted molar refractivity (Wildman–Crippen MR) is 73.0 cm³/mol. The molecule has 0 saturated heterocycles. The number of carbonyl (C=O) groups excluding carboxylic acids is 1. The predicted octanol–water partition coefficient (Wildman–Crippen LogP) is 3.33. The lowest BCUT2D eigenvalue weighted by molar-refractivity contribution is -0.114. The van der Waals surface area contributed by atoms with Crippen LogP contribution in [0.2, 0.25) is 0 Å². The molecule has 0 aliphatic carbocycles. The van der Waals surface area contributed by atoms with Crippen LogP contribution in [0.15, 0.2) is 24.3 Å². The van der Waals surface area contributed by atoms with Crippen molar-refractivity contribution in [2.45, 2.75) is 20.3 Å². The fourth-order valence-corrected chi connectivity index (χ4v) is 1.50. The first-order valence-electron chi connectivity index (χ1n) is 5.87. The number of aldehydes is 1. The first-order chi connectivity index (χ1) is 8.52. The maximum Gasteiger partial charge on any atom is 0.161 e. The quantitative estimate of drug-likeness (QED) is 0.724. The van der Waals surface area contributed by atoms with Gasteiger partial charge in [-0.25, -0.2) is 0 Å². The topological polar surface area (TPSA) is 35.5 Å². The SMILES string of the molecule is COc1ccc(/C=C/CC(C)(C)C=O)cc1OC. The van der Waals surface area contributed by atoms with E-state index < -0.39 is 0 Å². The summed E-state index contributed by atoms with van der Waals surface area (Å²) in [5, 5.41) is 0. The second kappa shape index (κ2) is 6.24. The summed E-state index contributed by atoms with van der Waals surface area (Å²) in [7, 11) is 3.22. The lowest BCUT2D eigenvalue weighted by Crippen LogP contribution is -2.10. The molecule has 18 heavy (non-hydrogen) atoms. The Balaban J connectivity index is 2.79. The van der Waals surface area contributed by atoms with Gasteiger partial charge in [0.25, 0.3) is 0 Å². The Morgan fingerprint density at radius 2 is 1.83 bits per heavy atom. The summed E-state index contributed by atoms with van der Waals surface area (Å²) in [5.74, 6) is 1.41. The van der Waals surface area contributed by atoms with Crippen molar-refractivity contribution in [3.05, 3.63) is 29.8 Å². The van der Waals surface area contributed by atoms with Gasteiger partial charge in [0.2, 0.25) is 0 Å². The Bertz CT molecular complexity index is 433. The first kappa shape index (κ1) is 14.3. The summed E-state index contributed by atoms with van der Waals surface area (Å²) < 4.78 is 10.4. The van der Waals surface area contributed by atoms with E-state index >= 15 is 0 Å². The Kier molecular flexibility index (Phi) is 4.95. The van der Waals surface area contributed by atoms with E-state index in [0.717, 1.165) is 11.8 Å². The van der Waals surface area contributed by atoms with E-state index in [1.807, 2.05) is 44.2 Å². The van der Waals surface area contributed by atoms with Crippen molar-refractivity contribution in [2.24, 2.45) is 5.41 Å². The largest absolute Gasteiger partial charge is 0.493 e. The van der Waals surface area contributed by atoms with E-state index in [0.29, 0.717) is 17.9 Å². The molecule has 0 unspecified atom stereocenters. The average Bonchev–Trinajstić information content (AvgIpc) is 2.38. The van der Waals surface area contributed by atoms with Crippen LogP contribution in [0.5, 0.6) is 11.5 Å². The molecule has 0 atom stereocenters. The Labute approximate surface area is 108 Å². The number of rotatable bonds is 6. The molecule has 3 nitrogen and oxygen atoms in total. The van der Waals surface area contributed by atoms with Crippen LogP contribution in [0.3, 0.4) is 0 Å². The molecule has 1 aromatic rings. The monoisotopic (exact) mass is 248 g/mol. The highest BCUT2D eigenvalue weighted by atomic mass is 16.5. The van der Waals surface area contributed by atoms with Gasteiger partial charge in [-0.05, 0) is 24.1 Å². The van der Waals surface area contributed by atoms with Crippen LogP contribution in [-0.2, 0) is 4.79 Å². The molecule has 0 fully saturated rings. The van der Waals surface area contributed by atoms with Crippen molar-refractivity contribution < 1.29 is 14.3 Å². The molecule has 0 N–H and O–H groups in total. The van der Waals surface area contributed by atoms with Crippen LogP contribution in [0.25, 0.3) is 6.08 Å². The van der Waals surface area contributed by atoms with Gasteiger partial charge < -0.3 is 14.3 Å². The highest BCUT2D eigenvalue weighted by Crippen LogP contribution is 2.28. The molecule has 0 aliphatic heterocycles. The Morgan fingerprint density at radius 1 is 1.17 bits per heavy atom. The smallest absolute Gasteiger partial charge is 0.161 e. The number of benzene rings is 1. The van der Waals surface area contributed by atoms with Gasteiger partial charge >= 0.3 is 0 Å². The van der Waals surface area contributed by atoms with Gasteiger partial charge in [0.1, 0.15) is 6.29 Å². The zero-order valence-corrected chi connectivity index (χ0v) is 11.4. The fraction of sp³-hybridized carbons (Fsp3) is 0.400. The number of hydrogen-bond acceptors (Lipinski definition) is 3. The number of hydrogen-bond donors (Lipinski definition) is 0. The molecule has 0 bridgehead atoms. The molecule has 0 radical (unpaired) electrons. The molecular formula is C15H20O3. The highest BCUT2D eigenvalue weighted by Gasteiger charge is 2.13. The third kappa shape index (κ3) is 3.91. The number of carbonyl (C=O) groups is 1. The molecule has 0 saturated carbocycles. The van der Waals surface area contributed by atoms with Crippen LogP contribution < -0.4 is 9.47 Å². The van der Waals surface area contributed by atoms with Gasteiger partial charge in [0.05, 0.1) is 14.2 Å². The molecule has 1 rings (SSSR count). The van der Waals surface area contributed by atoms with E-state index in [1.54, 1.807) is 14.2 Å². The minimum atomic E-state index is -0.312. The minimum absolute atomic E-state index is 0.312. The van der Waals surface area contributed by atoms with Crippen LogP contribution in [-0.4, -0.2) is 20.5 Å². The Hall–Kier alpha value is -1.77. The van der Waals surface area contributed by atoms with E-state index in [4.69, 9.17) is 9.47 Å². The van der Waals surface area contributed by atoms with Gasteiger partial charge in [-0.1, -0.05) is 32.1 Å². The van der Waals surface area contributed by atoms with Crippen LogP contribution in [0, 0.1) is 5.41 Å². The average molecular weight is 248 g/mol. The standard InChI is InChI=1S/C15H20O3/c1-15(2,11-16)9-5-6-12-7-8-13(17-3)14(10-12)18-4/h5-8,10-11H,9H2,1-4H3/b6-5+. The summed E-state index contributed by atoms with van der Waals surface area (Å²) in [6.07, 6.45) is 5.67. The molecule has 0 aromatic heterocycles. The third-order valence-corrected chi connectivity index (χ3v) is 2.68. The first-order valence-corrected chi connectivity index (χ1v) is 5.87. The van der Waals surface area contributed by atoms with Crippen molar-refractivity contribution in [2.75, 3.05) is 14.2 Å². The molecule has 0 heterocycles. The summed E-state index contributed by atoms with van der Waals surface area (Å²) in [6.45, 7) is 3.83. The maximum absolute atomic E-state index is 10.8. The number of methoxy groups -OCH3 is 2. The lowest BCUT2D eigenvalue weighted by atomic mass is 9.91. The van der Waals surface area contributed by atoms with Crippen molar-refractivity contribution in [3.8, 4) is 11.5 Å². The van der Waals surface area contributed by atoms with E-state index in [1.165, 1.54) is 0 Å². The summed E-state index contributed by atoms with van der Waals surface area (Å²) in [5.41, 5.74) is 0.710. The van der Waals surface area contributed by atoms with Crippen molar-refractivity contribution in [1.29, 1.82) is 0 Å². The normalized spacial score (nSPS) is 11.6. The van der Waals surface area contributed by atoms with Gasteiger partial charge in [-0.15, -0.1) is 0 Å². The second-order valence-electron chi connectivity index (χ2n) is 4.83. The summed E-state index contributed by atoms with van der Waals surface area (Å²) >= 11 is 0. The van der Waals surface area contributed by atoms with Crippen molar-refractivity contribution in [3.63, 3.8) is 0 Å². The van der Waals surface area contributed by atoms with Crippen molar-refractivity contribution in [1.82, 2.24) is 0 Å². The van der Waals surface area contributed by atoms with Gasteiger partial charge in [0.15, 0.2) is 11.5 Å². The number of allylic oxidation sites excluding steroid dienone is 1. The highest BCUT2D eigenvalue weighted by molar-refractivity contribution is 5.60. The summed E-state index contributed by atoms with van der Waals surface area (Å²) in [6, 6.07) is 5.72. The van der Waals surface area contributed by atoms with Crippen LogP contribution in [0.4, 0.5) is 0 Å². The molecule has 98 valence electrons. The zero-order valence-electron chi connectivity index (χ0n) is 11.4. The van der Waals surface area contributed by atoms with Crippen LogP contribution in [0.1, 0.15) is 25.8 Å². The Morgan fingerprint density at radius 3 is 2.39 bits per heavy atom. The molecule has 3 heteroatoms. The lowest BCUT2D eigenvalue weighted by Gasteiger charge is -2.12. The fourth-order valence-electron chi connectivity index (χ4n) is 1.50. The molecule has 0 aliphatic rings. The molecule has 1 aromatic carbocycles. The molecule has 0 amide bonds. The molecular weight excluding hydrogens is 228 g/mol. The van der Waals surface area contributed by atoms with Gasteiger partial charge in [-0.2, -0.15) is 0 Å². The van der Waals surface area contributed by atoms with E-state index in [2.05, 4.69) is 0 Å². The number of ether oxygens (including phenoxy) is 2. The second-order valence-corrected chi connectivity index (χ2v) is 4.83. The van der Waals surface area contributed by atoms with E-state index in [9.17, 15) is 4.79 Å². The van der Waals surface area contributed by atoms with Gasteiger partial charge in [0, 0.05) is 5.41 Å². The zero-order chi connectivity index (χ0) is 13.6. The minimum Gasteiger partial charge on any atom is -0.493 e.